The van der Waals surface area contributed by atoms with Gasteiger partial charge < -0.3 is 10.6 Å². The van der Waals surface area contributed by atoms with Gasteiger partial charge in [0.05, 0.1) is 24.1 Å². The number of aromatic nitrogens is 5. The lowest BCUT2D eigenvalue weighted by molar-refractivity contribution is -0.144. The lowest BCUT2D eigenvalue weighted by atomic mass is 9.95. The standard InChI is InChI=1S/C18H14F4N8O3/c19-10-1-3-11(4-2-10)30-25-7-12(28-30)14(31)23-8-17(15(32)26-16(33)27-17)13-5-6-24-29(13)9-18(20,21)22/h1-7H,8-9H2,(H,23,31)(H2,26,27,32,33). The zero-order valence-corrected chi connectivity index (χ0v) is 16.4. The van der Waals surface area contributed by atoms with Gasteiger partial charge in [-0.2, -0.15) is 28.2 Å². The van der Waals surface area contributed by atoms with E-state index in [0.29, 0.717) is 10.4 Å². The second-order valence-electron chi connectivity index (χ2n) is 6.98. The van der Waals surface area contributed by atoms with Gasteiger partial charge in [-0.1, -0.05) is 0 Å². The Morgan fingerprint density at radius 1 is 1.12 bits per heavy atom. The molecule has 2 aromatic heterocycles. The number of halogens is 4. The molecule has 0 saturated carbocycles. The summed E-state index contributed by atoms with van der Waals surface area (Å²) < 4.78 is 52.4. The quantitative estimate of drug-likeness (QED) is 0.360. The maximum absolute atomic E-state index is 13.1. The predicted molar refractivity (Wildman–Crippen MR) is 100 cm³/mol. The van der Waals surface area contributed by atoms with E-state index >= 15 is 0 Å². The highest BCUT2D eigenvalue weighted by Crippen LogP contribution is 2.27. The minimum atomic E-state index is -4.65. The molecule has 3 heterocycles. The molecule has 15 heteroatoms. The molecule has 11 nitrogen and oxygen atoms in total. The van der Waals surface area contributed by atoms with Crippen molar-refractivity contribution in [1.82, 2.24) is 40.7 Å². The van der Waals surface area contributed by atoms with E-state index in [-0.39, 0.29) is 11.4 Å². The van der Waals surface area contributed by atoms with Crippen molar-refractivity contribution in [3.05, 3.63) is 59.9 Å². The van der Waals surface area contributed by atoms with E-state index in [1.807, 2.05) is 5.32 Å². The van der Waals surface area contributed by atoms with E-state index in [1.165, 1.54) is 24.3 Å². The van der Waals surface area contributed by atoms with E-state index in [4.69, 9.17) is 0 Å². The Kier molecular flexibility index (Phi) is 5.31. The fourth-order valence-corrected chi connectivity index (χ4v) is 3.25. The highest BCUT2D eigenvalue weighted by molar-refractivity contribution is 6.07. The zero-order chi connectivity index (χ0) is 23.8. The molecule has 172 valence electrons. The number of urea groups is 1. The van der Waals surface area contributed by atoms with Crippen molar-refractivity contribution in [2.24, 2.45) is 0 Å². The average molecular weight is 466 g/mol. The van der Waals surface area contributed by atoms with E-state index in [9.17, 15) is 31.9 Å². The highest BCUT2D eigenvalue weighted by atomic mass is 19.4. The van der Waals surface area contributed by atoms with Crippen LogP contribution in [0.3, 0.4) is 0 Å². The van der Waals surface area contributed by atoms with Crippen molar-refractivity contribution in [1.29, 1.82) is 0 Å². The molecule has 1 aromatic carbocycles. The van der Waals surface area contributed by atoms with Crippen LogP contribution in [-0.4, -0.2) is 55.3 Å². The van der Waals surface area contributed by atoms with Gasteiger partial charge in [-0.05, 0) is 30.3 Å². The molecule has 0 spiro atoms. The first-order chi connectivity index (χ1) is 15.6. The van der Waals surface area contributed by atoms with Crippen LogP contribution in [0.2, 0.25) is 0 Å². The van der Waals surface area contributed by atoms with Crippen LogP contribution in [0.25, 0.3) is 5.69 Å². The summed E-state index contributed by atoms with van der Waals surface area (Å²) in [4.78, 5) is 38.0. The van der Waals surface area contributed by atoms with Gasteiger partial charge in [0.2, 0.25) is 0 Å². The van der Waals surface area contributed by atoms with E-state index in [1.54, 1.807) is 0 Å². The first kappa shape index (κ1) is 21.9. The highest BCUT2D eigenvalue weighted by Gasteiger charge is 2.51. The van der Waals surface area contributed by atoms with Gasteiger partial charge in [-0.3, -0.25) is 19.6 Å². The fourth-order valence-electron chi connectivity index (χ4n) is 3.25. The second-order valence-corrected chi connectivity index (χ2v) is 6.98. The Balaban J connectivity index is 1.56. The molecule has 33 heavy (non-hydrogen) atoms. The third-order valence-corrected chi connectivity index (χ3v) is 4.72. The summed E-state index contributed by atoms with van der Waals surface area (Å²) in [5.41, 5.74) is -2.14. The molecule has 0 radical (unpaired) electrons. The molecular weight excluding hydrogens is 452 g/mol. The van der Waals surface area contributed by atoms with E-state index < -0.39 is 48.5 Å². The summed E-state index contributed by atoms with van der Waals surface area (Å²) in [7, 11) is 0. The number of nitrogens with zero attached hydrogens (tertiary/aromatic N) is 5. The molecule has 4 amide bonds. The third-order valence-electron chi connectivity index (χ3n) is 4.72. The zero-order valence-electron chi connectivity index (χ0n) is 16.4. The number of rotatable bonds is 6. The van der Waals surface area contributed by atoms with Crippen LogP contribution in [0.1, 0.15) is 16.2 Å². The van der Waals surface area contributed by atoms with Crippen LogP contribution in [0.15, 0.2) is 42.7 Å². The van der Waals surface area contributed by atoms with Crippen molar-refractivity contribution in [3.8, 4) is 5.69 Å². The molecule has 1 atom stereocenters. The van der Waals surface area contributed by atoms with E-state index in [2.05, 4.69) is 25.9 Å². The molecule has 1 saturated heterocycles. The largest absolute Gasteiger partial charge is 0.408 e. The summed E-state index contributed by atoms with van der Waals surface area (Å²) in [5.74, 6) is -2.26. The van der Waals surface area contributed by atoms with Gasteiger partial charge >= 0.3 is 12.2 Å². The van der Waals surface area contributed by atoms with Gasteiger partial charge in [-0.15, -0.1) is 5.10 Å². The Bertz CT molecular complexity index is 1220. The normalized spacial score (nSPS) is 18.2. The van der Waals surface area contributed by atoms with Gasteiger partial charge in [-0.25, -0.2) is 9.18 Å². The summed E-state index contributed by atoms with van der Waals surface area (Å²) in [6.07, 6.45) is -2.51. The Morgan fingerprint density at radius 3 is 2.48 bits per heavy atom. The smallest absolute Gasteiger partial charge is 0.347 e. The van der Waals surface area contributed by atoms with Gasteiger partial charge in [0.25, 0.3) is 11.8 Å². The number of amides is 4. The third kappa shape index (κ3) is 4.37. The summed E-state index contributed by atoms with van der Waals surface area (Å²) >= 11 is 0. The number of carbonyl (C=O) groups excluding carboxylic acids is 3. The second kappa shape index (κ2) is 7.99. The molecule has 4 rings (SSSR count). The van der Waals surface area contributed by atoms with Gasteiger partial charge in [0, 0.05) is 6.20 Å². The minimum absolute atomic E-state index is 0.192. The molecule has 1 fully saturated rings. The molecule has 1 aliphatic heterocycles. The van der Waals surface area contributed by atoms with Gasteiger partial charge in [0.1, 0.15) is 12.4 Å². The van der Waals surface area contributed by atoms with Crippen LogP contribution in [0.5, 0.6) is 0 Å². The van der Waals surface area contributed by atoms with Crippen molar-refractivity contribution < 1.29 is 31.9 Å². The molecule has 3 aromatic rings. The molecule has 1 unspecified atom stereocenters. The Labute approximate surface area is 181 Å². The first-order valence-electron chi connectivity index (χ1n) is 9.26. The van der Waals surface area contributed by atoms with Crippen molar-refractivity contribution in [2.45, 2.75) is 18.3 Å². The lowest BCUT2D eigenvalue weighted by Crippen LogP contribution is -2.54. The molecule has 0 bridgehead atoms. The van der Waals surface area contributed by atoms with Crippen LogP contribution >= 0.6 is 0 Å². The van der Waals surface area contributed by atoms with Crippen LogP contribution < -0.4 is 16.0 Å². The van der Waals surface area contributed by atoms with Crippen LogP contribution in [0.4, 0.5) is 22.4 Å². The number of hydrogen-bond donors (Lipinski definition) is 3. The topological polar surface area (TPSA) is 136 Å². The Morgan fingerprint density at radius 2 is 1.85 bits per heavy atom. The lowest BCUT2D eigenvalue weighted by Gasteiger charge is -2.27. The maximum Gasteiger partial charge on any atom is 0.408 e. The number of carbonyl (C=O) groups is 3. The number of hydrogen-bond acceptors (Lipinski definition) is 6. The molecule has 0 aliphatic carbocycles. The molecule has 3 N–H and O–H groups in total. The number of nitrogens with one attached hydrogen (secondary N) is 3. The van der Waals surface area contributed by atoms with E-state index in [0.717, 1.165) is 23.3 Å². The van der Waals surface area contributed by atoms with Crippen molar-refractivity contribution in [2.75, 3.05) is 6.54 Å². The predicted octanol–water partition coefficient (Wildman–Crippen LogP) is 0.630. The first-order valence-corrected chi connectivity index (χ1v) is 9.26. The van der Waals surface area contributed by atoms with Crippen LogP contribution in [-0.2, 0) is 16.9 Å². The summed E-state index contributed by atoms with van der Waals surface area (Å²) in [6, 6.07) is 5.30. The fraction of sp³-hybridized carbons (Fsp3) is 0.222. The average Bonchev–Trinajstić information content (AvgIpc) is 3.45. The molecular formula is C18H14F4N8O3. The monoisotopic (exact) mass is 466 g/mol. The summed E-state index contributed by atoms with van der Waals surface area (Å²) in [6.45, 7) is -2.11. The Hall–Kier alpha value is -4.30. The number of benzene rings is 1. The summed E-state index contributed by atoms with van der Waals surface area (Å²) in [5, 5.41) is 18.0. The number of alkyl halides is 3. The van der Waals surface area contributed by atoms with Crippen molar-refractivity contribution >= 4 is 17.8 Å². The molecule has 1 aliphatic rings. The SMILES string of the molecule is O=C1NC(=O)C(CNC(=O)c2cnn(-c3ccc(F)cc3)n2)(c2ccnn2CC(F)(F)F)N1. The minimum Gasteiger partial charge on any atom is -0.347 e. The van der Waals surface area contributed by atoms with Crippen molar-refractivity contribution in [3.63, 3.8) is 0 Å². The van der Waals surface area contributed by atoms with Gasteiger partial charge in [0.15, 0.2) is 11.2 Å². The number of imide groups is 1. The maximum atomic E-state index is 13.1. The van der Waals surface area contributed by atoms with Crippen LogP contribution in [0, 0.1) is 5.82 Å².